The molecule has 2 nitrogen and oxygen atoms in total. The number of hydrogen-bond acceptors (Lipinski definition) is 2. The fraction of sp³-hybridized carbons (Fsp3) is 0.600. The maximum absolute atomic E-state index is 10.9. The highest BCUT2D eigenvalue weighted by molar-refractivity contribution is 5.17. The highest BCUT2D eigenvalue weighted by Crippen LogP contribution is 2.19. The first kappa shape index (κ1) is 26.6. The maximum Gasteiger partial charge on any atom is 0.0693 e. The fourth-order valence-corrected chi connectivity index (χ4v) is 4.48. The van der Waals surface area contributed by atoms with E-state index in [1.54, 1.807) is 0 Å². The molecule has 2 heteroatoms. The molecule has 0 aliphatic carbocycles. The van der Waals surface area contributed by atoms with Crippen LogP contribution in [0.4, 0.5) is 0 Å². The lowest BCUT2D eigenvalue weighted by molar-refractivity contribution is 0.0421. The van der Waals surface area contributed by atoms with Gasteiger partial charge in [0.1, 0.15) is 0 Å². The van der Waals surface area contributed by atoms with Gasteiger partial charge in [-0.2, -0.15) is 0 Å². The van der Waals surface area contributed by atoms with Gasteiger partial charge < -0.3 is 5.11 Å². The van der Waals surface area contributed by atoms with E-state index in [9.17, 15) is 5.11 Å². The maximum atomic E-state index is 10.9. The summed E-state index contributed by atoms with van der Waals surface area (Å²) in [5.74, 6) is 0. The molecule has 0 amide bonds. The highest BCUT2D eigenvalue weighted by Gasteiger charge is 2.22. The van der Waals surface area contributed by atoms with E-state index < -0.39 is 0 Å². The van der Waals surface area contributed by atoms with Crippen molar-refractivity contribution in [3.63, 3.8) is 0 Å². The molecule has 1 N–H and O–H groups in total. The summed E-state index contributed by atoms with van der Waals surface area (Å²) in [5.41, 5.74) is 2.61. The van der Waals surface area contributed by atoms with E-state index in [4.69, 9.17) is 0 Å². The smallest absolute Gasteiger partial charge is 0.0693 e. The minimum absolute atomic E-state index is 0.138. The molecule has 0 saturated carbocycles. The van der Waals surface area contributed by atoms with E-state index in [1.165, 1.54) is 75.3 Å². The SMILES string of the molecule is CCCCCCCCCCCCC[C@@H](O)[C@H](C)N(Cc1ccccc1)Cc1ccccc1. The largest absolute Gasteiger partial charge is 0.392 e. The van der Waals surface area contributed by atoms with E-state index in [2.05, 4.69) is 79.4 Å². The highest BCUT2D eigenvalue weighted by atomic mass is 16.3. The van der Waals surface area contributed by atoms with Gasteiger partial charge in [-0.25, -0.2) is 0 Å². The minimum Gasteiger partial charge on any atom is -0.392 e. The van der Waals surface area contributed by atoms with Crippen LogP contribution < -0.4 is 0 Å². The van der Waals surface area contributed by atoms with Gasteiger partial charge in [0, 0.05) is 19.1 Å². The molecule has 0 heterocycles. The number of unbranched alkanes of at least 4 members (excludes halogenated alkanes) is 10. The number of nitrogens with zero attached hydrogens (tertiary/aromatic N) is 1. The van der Waals surface area contributed by atoms with Gasteiger partial charge in [0.05, 0.1) is 6.10 Å². The molecule has 0 aromatic heterocycles. The normalized spacial score (nSPS) is 13.4. The van der Waals surface area contributed by atoms with Crippen LogP contribution in [-0.2, 0) is 13.1 Å². The number of aliphatic hydroxyl groups excluding tert-OH is 1. The fourth-order valence-electron chi connectivity index (χ4n) is 4.48. The number of rotatable bonds is 18. The Labute approximate surface area is 198 Å². The first-order chi connectivity index (χ1) is 15.7. The summed E-state index contributed by atoms with van der Waals surface area (Å²) in [6.07, 6.45) is 15.4. The van der Waals surface area contributed by atoms with Gasteiger partial charge in [-0.05, 0) is 24.5 Å². The molecular formula is C30H47NO. The Kier molecular flexibility index (Phi) is 14.1. The van der Waals surface area contributed by atoms with Crippen molar-refractivity contribution >= 4 is 0 Å². The van der Waals surface area contributed by atoms with Crippen LogP contribution in [0.25, 0.3) is 0 Å². The van der Waals surface area contributed by atoms with Crippen LogP contribution in [0.2, 0.25) is 0 Å². The Morgan fingerprint density at radius 2 is 1.03 bits per heavy atom. The summed E-state index contributed by atoms with van der Waals surface area (Å²) >= 11 is 0. The van der Waals surface area contributed by atoms with Crippen molar-refractivity contribution in [3.05, 3.63) is 71.8 Å². The van der Waals surface area contributed by atoms with Gasteiger partial charge in [-0.3, -0.25) is 4.90 Å². The van der Waals surface area contributed by atoms with Gasteiger partial charge >= 0.3 is 0 Å². The third kappa shape index (κ3) is 11.3. The van der Waals surface area contributed by atoms with Crippen LogP contribution in [-0.4, -0.2) is 22.2 Å². The topological polar surface area (TPSA) is 23.5 Å². The molecule has 32 heavy (non-hydrogen) atoms. The summed E-state index contributed by atoms with van der Waals surface area (Å²) in [7, 11) is 0. The molecule has 0 aliphatic rings. The molecule has 0 radical (unpaired) electrons. The van der Waals surface area contributed by atoms with Crippen molar-refractivity contribution in [2.24, 2.45) is 0 Å². The van der Waals surface area contributed by atoms with E-state index in [0.29, 0.717) is 0 Å². The molecule has 0 aliphatic heterocycles. The Morgan fingerprint density at radius 3 is 1.47 bits per heavy atom. The van der Waals surface area contributed by atoms with Crippen molar-refractivity contribution in [1.29, 1.82) is 0 Å². The average molecular weight is 438 g/mol. The number of hydrogen-bond donors (Lipinski definition) is 1. The second kappa shape index (κ2) is 16.9. The molecule has 0 spiro atoms. The molecule has 0 unspecified atom stereocenters. The summed E-state index contributed by atoms with van der Waals surface area (Å²) in [5, 5.41) is 10.9. The van der Waals surface area contributed by atoms with Crippen molar-refractivity contribution in [2.75, 3.05) is 0 Å². The molecule has 0 bridgehead atoms. The van der Waals surface area contributed by atoms with E-state index >= 15 is 0 Å². The lowest BCUT2D eigenvalue weighted by Gasteiger charge is -2.32. The Hall–Kier alpha value is -1.64. The van der Waals surface area contributed by atoms with Gasteiger partial charge in [0.25, 0.3) is 0 Å². The third-order valence-electron chi connectivity index (χ3n) is 6.69. The first-order valence-corrected chi connectivity index (χ1v) is 13.2. The average Bonchev–Trinajstić information content (AvgIpc) is 2.83. The van der Waals surface area contributed by atoms with Gasteiger partial charge in [0.15, 0.2) is 0 Å². The third-order valence-corrected chi connectivity index (χ3v) is 6.69. The second-order valence-electron chi connectivity index (χ2n) is 9.51. The number of aliphatic hydroxyl groups is 1. The van der Waals surface area contributed by atoms with Crippen LogP contribution in [0.1, 0.15) is 102 Å². The zero-order valence-electron chi connectivity index (χ0n) is 20.7. The standard InChI is InChI=1S/C30H47NO/c1-3-4-5-6-7-8-9-10-11-12-19-24-30(32)27(2)31(25-28-20-15-13-16-21-28)26-29-22-17-14-18-23-29/h13-18,20-23,27,30,32H,3-12,19,24-26H2,1-2H3/t27-,30+/m0/s1. The molecule has 0 fully saturated rings. The van der Waals surface area contributed by atoms with Crippen LogP contribution in [0.5, 0.6) is 0 Å². The second-order valence-corrected chi connectivity index (χ2v) is 9.51. The zero-order valence-corrected chi connectivity index (χ0v) is 20.7. The van der Waals surface area contributed by atoms with E-state index in [1.807, 2.05) is 0 Å². The Bertz CT molecular complexity index is 630. The van der Waals surface area contributed by atoms with Crippen LogP contribution in [0, 0.1) is 0 Å². The molecule has 0 saturated heterocycles. The molecule has 2 rings (SSSR count). The summed E-state index contributed by atoms with van der Waals surface area (Å²) < 4.78 is 0. The Morgan fingerprint density at radius 1 is 0.625 bits per heavy atom. The number of benzene rings is 2. The lowest BCUT2D eigenvalue weighted by atomic mass is 10.0. The monoisotopic (exact) mass is 437 g/mol. The molecule has 2 atom stereocenters. The van der Waals surface area contributed by atoms with Crippen LogP contribution >= 0.6 is 0 Å². The lowest BCUT2D eigenvalue weighted by Crippen LogP contribution is -2.40. The Balaban J connectivity index is 1.70. The summed E-state index contributed by atoms with van der Waals surface area (Å²) in [6.45, 7) is 6.20. The zero-order chi connectivity index (χ0) is 22.9. The summed E-state index contributed by atoms with van der Waals surface area (Å²) in [4.78, 5) is 2.42. The predicted molar refractivity (Wildman–Crippen MR) is 139 cm³/mol. The predicted octanol–water partition coefficient (Wildman–Crippen LogP) is 8.14. The molecule has 2 aromatic carbocycles. The van der Waals surface area contributed by atoms with E-state index in [-0.39, 0.29) is 12.1 Å². The summed E-state index contributed by atoms with van der Waals surface area (Å²) in [6, 6.07) is 21.4. The molecule has 178 valence electrons. The molecule has 2 aromatic rings. The van der Waals surface area contributed by atoms with Crippen LogP contribution in [0.15, 0.2) is 60.7 Å². The molecular weight excluding hydrogens is 390 g/mol. The van der Waals surface area contributed by atoms with Gasteiger partial charge in [-0.1, -0.05) is 138 Å². The van der Waals surface area contributed by atoms with E-state index in [0.717, 1.165) is 25.9 Å². The van der Waals surface area contributed by atoms with Crippen LogP contribution in [0.3, 0.4) is 0 Å². The van der Waals surface area contributed by atoms with Gasteiger partial charge in [0.2, 0.25) is 0 Å². The van der Waals surface area contributed by atoms with Crippen molar-refractivity contribution in [2.45, 2.75) is 116 Å². The van der Waals surface area contributed by atoms with Crippen molar-refractivity contribution in [1.82, 2.24) is 4.90 Å². The van der Waals surface area contributed by atoms with Crippen molar-refractivity contribution in [3.8, 4) is 0 Å². The minimum atomic E-state index is -0.277. The van der Waals surface area contributed by atoms with Crippen molar-refractivity contribution < 1.29 is 5.11 Å². The van der Waals surface area contributed by atoms with Gasteiger partial charge in [-0.15, -0.1) is 0 Å². The quantitative estimate of drug-likeness (QED) is 0.238. The first-order valence-electron chi connectivity index (χ1n) is 13.2.